The van der Waals surface area contributed by atoms with Crippen molar-refractivity contribution in [2.75, 3.05) is 26.3 Å². The average molecular weight is 230 g/mol. The van der Waals surface area contributed by atoms with Crippen molar-refractivity contribution in [3.63, 3.8) is 0 Å². The Morgan fingerprint density at radius 3 is 2.62 bits per heavy atom. The third kappa shape index (κ3) is 11.5. The summed E-state index contributed by atoms with van der Waals surface area (Å²) in [4.78, 5) is 11.2. The Labute approximate surface area is 99.1 Å². The zero-order chi connectivity index (χ0) is 12.2. The number of hydrogen-bond donors (Lipinski definition) is 2. The van der Waals surface area contributed by atoms with E-state index in [4.69, 9.17) is 4.74 Å². The van der Waals surface area contributed by atoms with Crippen LogP contribution < -0.4 is 10.6 Å². The van der Waals surface area contributed by atoms with E-state index >= 15 is 0 Å². The highest BCUT2D eigenvalue weighted by atomic mass is 16.5. The third-order valence-electron chi connectivity index (χ3n) is 2.04. The molecule has 16 heavy (non-hydrogen) atoms. The molecule has 0 radical (unpaired) electrons. The Hall–Kier alpha value is -0.610. The number of unbranched alkanes of at least 4 members (excludes halogenated alkanes) is 1. The summed E-state index contributed by atoms with van der Waals surface area (Å²) in [6.07, 6.45) is 2.83. The van der Waals surface area contributed by atoms with Crippen LogP contribution in [0.4, 0.5) is 0 Å². The van der Waals surface area contributed by atoms with Crippen LogP contribution in [0.15, 0.2) is 0 Å². The monoisotopic (exact) mass is 230 g/mol. The third-order valence-corrected chi connectivity index (χ3v) is 2.04. The molecule has 0 bridgehead atoms. The molecule has 0 unspecified atom stereocenters. The molecule has 0 aliphatic heterocycles. The first kappa shape index (κ1) is 15.4. The molecule has 96 valence electrons. The van der Waals surface area contributed by atoms with Crippen molar-refractivity contribution in [3.05, 3.63) is 0 Å². The van der Waals surface area contributed by atoms with Gasteiger partial charge in [0.1, 0.15) is 0 Å². The standard InChI is InChI=1S/C12H26N2O2/c1-4-5-9-16-10-8-13-7-6-12(15)14-11(2)3/h11,13H,4-10H2,1-3H3,(H,14,15). The maximum atomic E-state index is 11.2. The van der Waals surface area contributed by atoms with Gasteiger partial charge in [-0.05, 0) is 20.3 Å². The van der Waals surface area contributed by atoms with Gasteiger partial charge in [-0.25, -0.2) is 0 Å². The topological polar surface area (TPSA) is 50.4 Å². The van der Waals surface area contributed by atoms with Crippen molar-refractivity contribution in [3.8, 4) is 0 Å². The van der Waals surface area contributed by atoms with Gasteiger partial charge in [-0.15, -0.1) is 0 Å². The molecule has 4 nitrogen and oxygen atoms in total. The predicted octanol–water partition coefficient (Wildman–Crippen LogP) is 1.31. The van der Waals surface area contributed by atoms with Gasteiger partial charge in [0.15, 0.2) is 0 Å². The summed E-state index contributed by atoms with van der Waals surface area (Å²) in [6.45, 7) is 9.18. The molecule has 0 fully saturated rings. The Balaban J connectivity index is 3.11. The van der Waals surface area contributed by atoms with Gasteiger partial charge in [-0.1, -0.05) is 13.3 Å². The van der Waals surface area contributed by atoms with E-state index < -0.39 is 0 Å². The van der Waals surface area contributed by atoms with Crippen LogP contribution in [0.2, 0.25) is 0 Å². The molecule has 0 atom stereocenters. The van der Waals surface area contributed by atoms with Crippen LogP contribution in [-0.4, -0.2) is 38.3 Å². The number of carbonyl (C=O) groups is 1. The highest BCUT2D eigenvalue weighted by molar-refractivity contribution is 5.76. The van der Waals surface area contributed by atoms with Gasteiger partial charge >= 0.3 is 0 Å². The first-order valence-corrected chi connectivity index (χ1v) is 6.24. The summed E-state index contributed by atoms with van der Waals surface area (Å²) in [5, 5.41) is 6.03. The van der Waals surface area contributed by atoms with Gasteiger partial charge in [0.05, 0.1) is 6.61 Å². The second-order valence-corrected chi connectivity index (χ2v) is 4.19. The van der Waals surface area contributed by atoms with Crippen molar-refractivity contribution in [2.24, 2.45) is 0 Å². The predicted molar refractivity (Wildman–Crippen MR) is 66.5 cm³/mol. The first-order valence-electron chi connectivity index (χ1n) is 6.24. The lowest BCUT2D eigenvalue weighted by molar-refractivity contribution is -0.121. The van der Waals surface area contributed by atoms with E-state index in [1.807, 2.05) is 13.8 Å². The molecule has 0 saturated heterocycles. The van der Waals surface area contributed by atoms with Gasteiger partial charge in [-0.2, -0.15) is 0 Å². The van der Waals surface area contributed by atoms with Crippen molar-refractivity contribution in [1.29, 1.82) is 0 Å². The van der Waals surface area contributed by atoms with Crippen LogP contribution in [0.3, 0.4) is 0 Å². The number of ether oxygens (including phenoxy) is 1. The summed E-state index contributed by atoms with van der Waals surface area (Å²) in [5.74, 6) is 0.106. The van der Waals surface area contributed by atoms with Crippen molar-refractivity contribution in [1.82, 2.24) is 10.6 Å². The summed E-state index contributed by atoms with van der Waals surface area (Å²) in [7, 11) is 0. The maximum Gasteiger partial charge on any atom is 0.221 e. The van der Waals surface area contributed by atoms with E-state index in [2.05, 4.69) is 17.6 Å². The molecule has 4 heteroatoms. The highest BCUT2D eigenvalue weighted by Crippen LogP contribution is 1.87. The van der Waals surface area contributed by atoms with Gasteiger partial charge in [0, 0.05) is 32.2 Å². The van der Waals surface area contributed by atoms with Gasteiger partial charge in [-0.3, -0.25) is 4.79 Å². The molecule has 0 aromatic rings. The minimum atomic E-state index is 0.106. The van der Waals surface area contributed by atoms with Gasteiger partial charge in [0.2, 0.25) is 5.91 Å². The lowest BCUT2D eigenvalue weighted by atomic mass is 10.3. The molecule has 0 spiro atoms. The quantitative estimate of drug-likeness (QED) is 0.556. The Bertz CT molecular complexity index is 172. The van der Waals surface area contributed by atoms with E-state index in [9.17, 15) is 4.79 Å². The Morgan fingerprint density at radius 2 is 2.00 bits per heavy atom. The zero-order valence-corrected chi connectivity index (χ0v) is 10.8. The molecule has 2 N–H and O–H groups in total. The molecule has 0 heterocycles. The van der Waals surface area contributed by atoms with Crippen LogP contribution in [-0.2, 0) is 9.53 Å². The molecule has 0 aromatic heterocycles. The van der Waals surface area contributed by atoms with Crippen LogP contribution in [0, 0.1) is 0 Å². The van der Waals surface area contributed by atoms with E-state index in [0.29, 0.717) is 6.42 Å². The largest absolute Gasteiger partial charge is 0.380 e. The smallest absolute Gasteiger partial charge is 0.221 e. The minimum absolute atomic E-state index is 0.106. The second kappa shape index (κ2) is 10.9. The van der Waals surface area contributed by atoms with Crippen molar-refractivity contribution >= 4 is 5.91 Å². The maximum absolute atomic E-state index is 11.2. The minimum Gasteiger partial charge on any atom is -0.380 e. The lowest BCUT2D eigenvalue weighted by Gasteiger charge is -2.09. The summed E-state index contributed by atoms with van der Waals surface area (Å²) in [6, 6.07) is 0.227. The molecule has 0 aliphatic rings. The molecular weight excluding hydrogens is 204 g/mol. The van der Waals surface area contributed by atoms with E-state index in [1.165, 1.54) is 6.42 Å². The molecule has 0 saturated carbocycles. The molecular formula is C12H26N2O2. The lowest BCUT2D eigenvalue weighted by Crippen LogP contribution is -2.33. The second-order valence-electron chi connectivity index (χ2n) is 4.19. The van der Waals surface area contributed by atoms with Crippen molar-refractivity contribution < 1.29 is 9.53 Å². The highest BCUT2D eigenvalue weighted by Gasteiger charge is 2.01. The van der Waals surface area contributed by atoms with Crippen LogP contribution in [0.5, 0.6) is 0 Å². The summed E-state index contributed by atoms with van der Waals surface area (Å²) >= 11 is 0. The van der Waals surface area contributed by atoms with E-state index in [-0.39, 0.29) is 11.9 Å². The Morgan fingerprint density at radius 1 is 1.25 bits per heavy atom. The normalized spacial score (nSPS) is 10.8. The molecule has 0 aliphatic carbocycles. The number of rotatable bonds is 10. The fourth-order valence-corrected chi connectivity index (χ4v) is 1.21. The van der Waals surface area contributed by atoms with Crippen LogP contribution in [0.25, 0.3) is 0 Å². The number of carbonyl (C=O) groups excluding carboxylic acids is 1. The van der Waals surface area contributed by atoms with Crippen LogP contribution >= 0.6 is 0 Å². The zero-order valence-electron chi connectivity index (χ0n) is 10.8. The number of nitrogens with one attached hydrogen (secondary N) is 2. The fourth-order valence-electron chi connectivity index (χ4n) is 1.21. The number of hydrogen-bond acceptors (Lipinski definition) is 3. The van der Waals surface area contributed by atoms with Gasteiger partial charge in [0.25, 0.3) is 0 Å². The van der Waals surface area contributed by atoms with E-state index in [1.54, 1.807) is 0 Å². The SMILES string of the molecule is CCCCOCCNCCC(=O)NC(C)C. The average Bonchev–Trinajstić information content (AvgIpc) is 2.21. The van der Waals surface area contributed by atoms with E-state index in [0.717, 1.165) is 32.7 Å². The fraction of sp³-hybridized carbons (Fsp3) is 0.917. The van der Waals surface area contributed by atoms with Gasteiger partial charge < -0.3 is 15.4 Å². The van der Waals surface area contributed by atoms with Crippen LogP contribution in [0.1, 0.15) is 40.0 Å². The molecule has 0 rings (SSSR count). The summed E-state index contributed by atoms with van der Waals surface area (Å²) < 4.78 is 5.38. The molecule has 0 aromatic carbocycles. The number of amides is 1. The molecule has 1 amide bonds. The van der Waals surface area contributed by atoms with Crippen molar-refractivity contribution in [2.45, 2.75) is 46.1 Å². The summed E-state index contributed by atoms with van der Waals surface area (Å²) in [5.41, 5.74) is 0. The Kier molecular flexibility index (Phi) is 10.5. The first-order chi connectivity index (χ1) is 7.66.